The van der Waals surface area contributed by atoms with Gasteiger partial charge in [0.05, 0.1) is 13.2 Å². The number of furan rings is 1. The van der Waals surface area contributed by atoms with E-state index < -0.39 is 10.0 Å². The monoisotopic (exact) mass is 303 g/mol. The van der Waals surface area contributed by atoms with Crippen molar-refractivity contribution in [2.24, 2.45) is 0 Å². The van der Waals surface area contributed by atoms with E-state index in [0.717, 1.165) is 0 Å². The molecule has 0 unspecified atom stereocenters. The molecule has 0 aliphatic rings. The molecule has 0 bridgehead atoms. The van der Waals surface area contributed by atoms with Crippen LogP contribution in [0.5, 0.6) is 0 Å². The first-order valence-electron chi connectivity index (χ1n) is 6.19. The van der Waals surface area contributed by atoms with E-state index in [1.54, 1.807) is 13.8 Å². The topological polar surface area (TPSA) is 80.0 Å². The van der Waals surface area contributed by atoms with Crippen molar-refractivity contribution in [3.05, 3.63) is 29.7 Å². The largest absolute Gasteiger partial charge is 0.465 e. The molecule has 1 N–H and O–H groups in total. The number of aliphatic hydroxyl groups excluding tert-OH is 1. The molecule has 0 spiro atoms. The van der Waals surface area contributed by atoms with E-state index >= 15 is 0 Å². The van der Waals surface area contributed by atoms with Gasteiger partial charge in [-0.2, -0.15) is 4.31 Å². The van der Waals surface area contributed by atoms with Gasteiger partial charge in [0.15, 0.2) is 0 Å². The molecule has 0 aliphatic heterocycles. The molecule has 0 saturated heterocycles. The average molecular weight is 303 g/mol. The van der Waals surface area contributed by atoms with Gasteiger partial charge < -0.3 is 14.3 Å². The SMILES string of the molecule is C=CCN(CCOC)S(=O)(=O)c1c(C)oc(C)c1CO. The zero-order valence-corrected chi connectivity index (χ0v) is 12.9. The standard InChI is InChI=1S/C13H21NO5S/c1-5-6-14(7-8-18-4)20(16,17)13-11(3)19-10(2)12(13)9-15/h5,15H,1,6-9H2,2-4H3. The summed E-state index contributed by atoms with van der Waals surface area (Å²) in [5, 5.41) is 9.38. The number of aliphatic hydroxyl groups is 1. The second-order valence-electron chi connectivity index (χ2n) is 4.32. The number of hydrogen-bond acceptors (Lipinski definition) is 5. The number of sulfonamides is 1. The molecule has 0 atom stereocenters. The van der Waals surface area contributed by atoms with Gasteiger partial charge in [-0.1, -0.05) is 6.08 Å². The van der Waals surface area contributed by atoms with Crippen LogP contribution in [0.3, 0.4) is 0 Å². The fourth-order valence-corrected chi connectivity index (χ4v) is 3.81. The van der Waals surface area contributed by atoms with Crippen LogP contribution < -0.4 is 0 Å². The van der Waals surface area contributed by atoms with Gasteiger partial charge in [0.25, 0.3) is 0 Å². The van der Waals surface area contributed by atoms with Crippen molar-refractivity contribution in [2.45, 2.75) is 25.3 Å². The zero-order valence-electron chi connectivity index (χ0n) is 12.0. The van der Waals surface area contributed by atoms with Crippen molar-refractivity contribution in [3.63, 3.8) is 0 Å². The van der Waals surface area contributed by atoms with Gasteiger partial charge in [0, 0.05) is 25.8 Å². The molecule has 0 amide bonds. The van der Waals surface area contributed by atoms with Crippen LogP contribution in [0.15, 0.2) is 22.0 Å². The predicted molar refractivity (Wildman–Crippen MR) is 74.9 cm³/mol. The highest BCUT2D eigenvalue weighted by Crippen LogP contribution is 2.29. The van der Waals surface area contributed by atoms with Gasteiger partial charge in [-0.15, -0.1) is 6.58 Å². The third-order valence-electron chi connectivity index (χ3n) is 2.96. The minimum absolute atomic E-state index is 0.0375. The Morgan fingerprint density at radius 1 is 1.40 bits per heavy atom. The van der Waals surface area contributed by atoms with Crippen LogP contribution in [-0.4, -0.2) is 44.6 Å². The lowest BCUT2D eigenvalue weighted by molar-refractivity contribution is 0.182. The summed E-state index contributed by atoms with van der Waals surface area (Å²) in [5.41, 5.74) is 0.300. The van der Waals surface area contributed by atoms with Crippen molar-refractivity contribution >= 4 is 10.0 Å². The van der Waals surface area contributed by atoms with Crippen molar-refractivity contribution in [3.8, 4) is 0 Å². The van der Waals surface area contributed by atoms with Crippen LogP contribution in [-0.2, 0) is 21.4 Å². The molecular weight excluding hydrogens is 282 g/mol. The highest BCUT2D eigenvalue weighted by Gasteiger charge is 2.31. The van der Waals surface area contributed by atoms with Crippen LogP contribution in [0.1, 0.15) is 17.1 Å². The van der Waals surface area contributed by atoms with E-state index in [-0.39, 0.29) is 37.0 Å². The lowest BCUT2D eigenvalue weighted by atomic mass is 10.2. The number of rotatable bonds is 8. The molecule has 0 fully saturated rings. The summed E-state index contributed by atoms with van der Waals surface area (Å²) in [6, 6.07) is 0. The molecule has 0 saturated carbocycles. The molecule has 1 rings (SSSR count). The first-order valence-corrected chi connectivity index (χ1v) is 7.63. The van der Waals surface area contributed by atoms with Crippen LogP contribution in [0, 0.1) is 13.8 Å². The normalized spacial score (nSPS) is 12.1. The predicted octanol–water partition coefficient (Wildman–Crippen LogP) is 1.21. The van der Waals surface area contributed by atoms with Gasteiger partial charge in [-0.25, -0.2) is 8.42 Å². The number of methoxy groups -OCH3 is 1. The Hall–Kier alpha value is -1.15. The Morgan fingerprint density at radius 3 is 2.55 bits per heavy atom. The van der Waals surface area contributed by atoms with Crippen LogP contribution in [0.4, 0.5) is 0 Å². The fraction of sp³-hybridized carbons (Fsp3) is 0.538. The van der Waals surface area contributed by atoms with Crippen LogP contribution in [0.25, 0.3) is 0 Å². The van der Waals surface area contributed by atoms with Crippen molar-refractivity contribution in [2.75, 3.05) is 26.8 Å². The molecule has 114 valence electrons. The van der Waals surface area contributed by atoms with Crippen molar-refractivity contribution < 1.29 is 22.7 Å². The summed E-state index contributed by atoms with van der Waals surface area (Å²) in [6.45, 7) is 7.03. The molecular formula is C13H21NO5S. The second kappa shape index (κ2) is 7.03. The van der Waals surface area contributed by atoms with Gasteiger partial charge in [-0.05, 0) is 13.8 Å². The van der Waals surface area contributed by atoms with E-state index in [1.807, 2.05) is 0 Å². The molecule has 1 aromatic rings. The zero-order chi connectivity index (χ0) is 15.3. The van der Waals surface area contributed by atoms with E-state index in [0.29, 0.717) is 11.3 Å². The van der Waals surface area contributed by atoms with Gasteiger partial charge >= 0.3 is 0 Å². The summed E-state index contributed by atoms with van der Waals surface area (Å²) < 4.78 is 36.9. The Balaban J connectivity index is 3.28. The summed E-state index contributed by atoms with van der Waals surface area (Å²) in [7, 11) is -2.25. The van der Waals surface area contributed by atoms with Gasteiger partial charge in [0.1, 0.15) is 16.4 Å². The van der Waals surface area contributed by atoms with Gasteiger partial charge in [-0.3, -0.25) is 0 Å². The Morgan fingerprint density at radius 2 is 2.05 bits per heavy atom. The third-order valence-corrected chi connectivity index (χ3v) is 5.02. The number of ether oxygens (including phenoxy) is 1. The smallest absolute Gasteiger partial charge is 0.247 e. The van der Waals surface area contributed by atoms with Crippen LogP contribution >= 0.6 is 0 Å². The van der Waals surface area contributed by atoms with E-state index in [2.05, 4.69) is 6.58 Å². The average Bonchev–Trinajstić information content (AvgIpc) is 2.68. The third kappa shape index (κ3) is 3.29. The molecule has 0 radical (unpaired) electrons. The number of hydrogen-bond donors (Lipinski definition) is 1. The lowest BCUT2D eigenvalue weighted by Crippen LogP contribution is -2.34. The molecule has 1 heterocycles. The number of nitrogens with zero attached hydrogens (tertiary/aromatic N) is 1. The van der Waals surface area contributed by atoms with Crippen molar-refractivity contribution in [1.82, 2.24) is 4.31 Å². The molecule has 0 aliphatic carbocycles. The van der Waals surface area contributed by atoms with E-state index in [9.17, 15) is 13.5 Å². The highest BCUT2D eigenvalue weighted by molar-refractivity contribution is 7.89. The Labute approximate surface area is 119 Å². The highest BCUT2D eigenvalue weighted by atomic mass is 32.2. The Kier molecular flexibility index (Phi) is 5.94. The minimum atomic E-state index is -3.76. The fourth-order valence-electron chi connectivity index (χ4n) is 2.01. The van der Waals surface area contributed by atoms with Gasteiger partial charge in [0.2, 0.25) is 10.0 Å². The second-order valence-corrected chi connectivity index (χ2v) is 6.20. The lowest BCUT2D eigenvalue weighted by Gasteiger charge is -2.20. The molecule has 0 aromatic carbocycles. The summed E-state index contributed by atoms with van der Waals surface area (Å²) in [6.07, 6.45) is 1.51. The maximum atomic E-state index is 12.7. The van der Waals surface area contributed by atoms with Crippen LogP contribution in [0.2, 0.25) is 0 Å². The molecule has 7 heteroatoms. The number of aryl methyl sites for hydroxylation is 2. The van der Waals surface area contributed by atoms with E-state index in [1.165, 1.54) is 17.5 Å². The Bertz CT molecular complexity index is 562. The molecule has 20 heavy (non-hydrogen) atoms. The quantitative estimate of drug-likeness (QED) is 0.730. The minimum Gasteiger partial charge on any atom is -0.465 e. The maximum Gasteiger partial charge on any atom is 0.247 e. The molecule has 1 aromatic heterocycles. The first kappa shape index (κ1) is 16.9. The summed E-state index contributed by atoms with van der Waals surface area (Å²) in [4.78, 5) is 0.0375. The summed E-state index contributed by atoms with van der Waals surface area (Å²) >= 11 is 0. The van der Waals surface area contributed by atoms with Crippen molar-refractivity contribution in [1.29, 1.82) is 0 Å². The molecule has 6 nitrogen and oxygen atoms in total. The maximum absolute atomic E-state index is 12.7. The first-order chi connectivity index (χ1) is 9.39. The van der Waals surface area contributed by atoms with E-state index in [4.69, 9.17) is 9.15 Å². The summed E-state index contributed by atoms with van der Waals surface area (Å²) in [5.74, 6) is 0.687.